The van der Waals surface area contributed by atoms with Crippen molar-refractivity contribution < 1.29 is 13.2 Å². The molecule has 0 aromatic heterocycles. The van der Waals surface area contributed by atoms with Gasteiger partial charge in [-0.1, -0.05) is 0 Å². The molecule has 0 bridgehead atoms. The molecule has 1 saturated heterocycles. The fourth-order valence-corrected chi connectivity index (χ4v) is 3.48. The topological polar surface area (TPSA) is 75.9 Å². The Balaban J connectivity index is 2.45. The van der Waals surface area contributed by atoms with Crippen molar-refractivity contribution in [2.45, 2.75) is 12.8 Å². The van der Waals surface area contributed by atoms with Gasteiger partial charge < -0.3 is 15.4 Å². The van der Waals surface area contributed by atoms with Crippen molar-refractivity contribution >= 4 is 10.0 Å². The third kappa shape index (κ3) is 5.19. The molecule has 0 atom stereocenters. The lowest BCUT2D eigenvalue weighted by atomic mass is 10.3. The van der Waals surface area contributed by atoms with Crippen LogP contribution in [0.25, 0.3) is 0 Å². The van der Waals surface area contributed by atoms with E-state index in [1.165, 1.54) is 7.11 Å². The highest BCUT2D eigenvalue weighted by Crippen LogP contribution is 2.09. The first-order valence-electron chi connectivity index (χ1n) is 6.49. The molecule has 1 aliphatic heterocycles. The predicted molar refractivity (Wildman–Crippen MR) is 72.0 cm³/mol. The van der Waals surface area contributed by atoms with Crippen molar-refractivity contribution in [3.63, 3.8) is 0 Å². The van der Waals surface area contributed by atoms with Crippen LogP contribution in [0.1, 0.15) is 12.8 Å². The highest BCUT2D eigenvalue weighted by Gasteiger charge is 2.24. The summed E-state index contributed by atoms with van der Waals surface area (Å²) in [6.07, 6.45) is 1.85. The van der Waals surface area contributed by atoms with Gasteiger partial charge in [-0.25, -0.2) is 12.7 Å². The van der Waals surface area contributed by atoms with Crippen molar-refractivity contribution in [1.82, 2.24) is 9.21 Å². The molecular weight excluding hydrogens is 254 g/mol. The van der Waals surface area contributed by atoms with Gasteiger partial charge in [0, 0.05) is 26.7 Å². The SMILES string of the molecule is COCCS(=O)(=O)N1CCCN(CCCN)CC1. The second kappa shape index (κ2) is 8.06. The number of nitrogens with zero attached hydrogens (tertiary/aromatic N) is 2. The largest absolute Gasteiger partial charge is 0.384 e. The summed E-state index contributed by atoms with van der Waals surface area (Å²) in [4.78, 5) is 2.29. The number of hydrogen-bond donors (Lipinski definition) is 1. The van der Waals surface area contributed by atoms with Gasteiger partial charge in [-0.3, -0.25) is 0 Å². The summed E-state index contributed by atoms with van der Waals surface area (Å²) < 4.78 is 30.5. The van der Waals surface area contributed by atoms with Gasteiger partial charge in [0.15, 0.2) is 0 Å². The van der Waals surface area contributed by atoms with Crippen LogP contribution in [-0.2, 0) is 14.8 Å². The third-order valence-electron chi connectivity index (χ3n) is 3.16. The van der Waals surface area contributed by atoms with E-state index in [2.05, 4.69) is 4.90 Å². The van der Waals surface area contributed by atoms with Crippen LogP contribution in [0, 0.1) is 0 Å². The van der Waals surface area contributed by atoms with Gasteiger partial charge in [0.2, 0.25) is 10.0 Å². The average Bonchev–Trinajstić information content (AvgIpc) is 2.60. The van der Waals surface area contributed by atoms with Gasteiger partial charge in [0.25, 0.3) is 0 Å². The molecule has 2 N–H and O–H groups in total. The molecule has 0 aliphatic carbocycles. The first-order chi connectivity index (χ1) is 8.60. The van der Waals surface area contributed by atoms with Gasteiger partial charge in [-0.05, 0) is 32.5 Å². The summed E-state index contributed by atoms with van der Waals surface area (Å²) in [5, 5.41) is 0. The van der Waals surface area contributed by atoms with Gasteiger partial charge in [0.05, 0.1) is 12.4 Å². The molecule has 0 radical (unpaired) electrons. The van der Waals surface area contributed by atoms with Crippen LogP contribution in [0.15, 0.2) is 0 Å². The van der Waals surface area contributed by atoms with E-state index in [4.69, 9.17) is 10.5 Å². The Morgan fingerprint density at radius 1 is 1.22 bits per heavy atom. The van der Waals surface area contributed by atoms with Crippen molar-refractivity contribution in [2.24, 2.45) is 5.73 Å². The second-order valence-corrected chi connectivity index (χ2v) is 6.63. The fourth-order valence-electron chi connectivity index (χ4n) is 2.08. The smallest absolute Gasteiger partial charge is 0.216 e. The number of methoxy groups -OCH3 is 1. The van der Waals surface area contributed by atoms with Crippen molar-refractivity contribution in [3.8, 4) is 0 Å². The molecule has 0 aromatic carbocycles. The number of sulfonamides is 1. The lowest BCUT2D eigenvalue weighted by Crippen LogP contribution is -2.37. The third-order valence-corrected chi connectivity index (χ3v) is 5.00. The lowest BCUT2D eigenvalue weighted by Gasteiger charge is -2.21. The van der Waals surface area contributed by atoms with E-state index in [9.17, 15) is 8.42 Å². The number of ether oxygens (including phenoxy) is 1. The highest BCUT2D eigenvalue weighted by atomic mass is 32.2. The molecule has 0 aromatic rings. The van der Waals surface area contributed by atoms with Gasteiger partial charge in [-0.2, -0.15) is 0 Å². The Labute approximate surface area is 110 Å². The summed E-state index contributed by atoms with van der Waals surface area (Å²) in [6, 6.07) is 0. The van der Waals surface area contributed by atoms with E-state index in [0.29, 0.717) is 19.6 Å². The first kappa shape index (κ1) is 15.8. The summed E-state index contributed by atoms with van der Waals surface area (Å²) in [5.41, 5.74) is 5.49. The Morgan fingerprint density at radius 3 is 2.67 bits per heavy atom. The molecule has 1 rings (SSSR count). The van der Waals surface area contributed by atoms with E-state index in [1.807, 2.05) is 0 Å². The van der Waals surface area contributed by atoms with E-state index >= 15 is 0 Å². The van der Waals surface area contributed by atoms with E-state index in [-0.39, 0.29) is 12.4 Å². The maximum absolute atomic E-state index is 12.0. The number of rotatable bonds is 7. The standard InChI is InChI=1S/C11H25N3O3S/c1-17-10-11-18(15,16)14-7-3-6-13(8-9-14)5-2-4-12/h2-12H2,1H3. The van der Waals surface area contributed by atoms with E-state index in [0.717, 1.165) is 32.5 Å². The molecule has 1 aliphatic rings. The maximum atomic E-state index is 12.0. The molecular formula is C11H25N3O3S. The average molecular weight is 279 g/mol. The fraction of sp³-hybridized carbons (Fsp3) is 1.00. The summed E-state index contributed by atoms with van der Waals surface area (Å²) in [7, 11) is -1.64. The zero-order chi connectivity index (χ0) is 13.4. The van der Waals surface area contributed by atoms with Gasteiger partial charge in [0.1, 0.15) is 0 Å². The summed E-state index contributed by atoms with van der Waals surface area (Å²) in [6.45, 7) is 4.86. The molecule has 6 nitrogen and oxygen atoms in total. The highest BCUT2D eigenvalue weighted by molar-refractivity contribution is 7.89. The molecule has 0 amide bonds. The van der Waals surface area contributed by atoms with Crippen LogP contribution >= 0.6 is 0 Å². The van der Waals surface area contributed by atoms with Crippen LogP contribution < -0.4 is 5.73 Å². The van der Waals surface area contributed by atoms with E-state index in [1.54, 1.807) is 4.31 Å². The minimum absolute atomic E-state index is 0.0757. The monoisotopic (exact) mass is 279 g/mol. The second-order valence-electron chi connectivity index (χ2n) is 4.55. The molecule has 108 valence electrons. The van der Waals surface area contributed by atoms with Crippen molar-refractivity contribution in [1.29, 1.82) is 0 Å². The van der Waals surface area contributed by atoms with Crippen LogP contribution in [0.2, 0.25) is 0 Å². The predicted octanol–water partition coefficient (Wildman–Crippen LogP) is -0.681. The Kier molecular flexibility index (Phi) is 7.10. The summed E-state index contributed by atoms with van der Waals surface area (Å²) >= 11 is 0. The quantitative estimate of drug-likeness (QED) is 0.668. The molecule has 7 heteroatoms. The molecule has 1 heterocycles. The van der Waals surface area contributed by atoms with Gasteiger partial charge in [-0.15, -0.1) is 0 Å². The molecule has 0 saturated carbocycles. The van der Waals surface area contributed by atoms with Crippen LogP contribution in [0.5, 0.6) is 0 Å². The minimum atomic E-state index is -3.16. The minimum Gasteiger partial charge on any atom is -0.384 e. The Hall–Kier alpha value is -0.210. The van der Waals surface area contributed by atoms with Gasteiger partial charge >= 0.3 is 0 Å². The number of nitrogens with two attached hydrogens (primary N) is 1. The zero-order valence-corrected chi connectivity index (χ0v) is 12.0. The molecule has 0 spiro atoms. The Morgan fingerprint density at radius 2 is 2.00 bits per heavy atom. The number of hydrogen-bond acceptors (Lipinski definition) is 5. The normalized spacial score (nSPS) is 19.9. The zero-order valence-electron chi connectivity index (χ0n) is 11.2. The van der Waals surface area contributed by atoms with Crippen molar-refractivity contribution in [3.05, 3.63) is 0 Å². The summed E-state index contributed by atoms with van der Waals surface area (Å²) in [5.74, 6) is 0.0757. The maximum Gasteiger partial charge on any atom is 0.216 e. The molecule has 1 fully saturated rings. The van der Waals surface area contributed by atoms with Crippen LogP contribution in [0.3, 0.4) is 0 Å². The van der Waals surface area contributed by atoms with Crippen molar-refractivity contribution in [2.75, 3.05) is 58.7 Å². The van der Waals surface area contributed by atoms with Crippen LogP contribution in [0.4, 0.5) is 0 Å². The molecule has 18 heavy (non-hydrogen) atoms. The van der Waals surface area contributed by atoms with Crippen LogP contribution in [-0.4, -0.2) is 76.4 Å². The molecule has 0 unspecified atom stereocenters. The Bertz CT molecular complexity index is 321. The first-order valence-corrected chi connectivity index (χ1v) is 8.10. The van der Waals surface area contributed by atoms with E-state index < -0.39 is 10.0 Å². The lowest BCUT2D eigenvalue weighted by molar-refractivity contribution is 0.215.